The number of hydrogen-bond donors (Lipinski definition) is 2. The maximum Gasteiger partial charge on any atom is 0.416 e. The molecule has 3 amide bonds. The molecule has 0 saturated heterocycles. The third-order valence-corrected chi connectivity index (χ3v) is 2.60. The molecular weight excluding hydrogens is 358 g/mol. The fourth-order valence-electron chi connectivity index (χ4n) is 1.62. The summed E-state index contributed by atoms with van der Waals surface area (Å²) in [6, 6.07) is -0.564. The first-order valence-electron chi connectivity index (χ1n) is 6.81. The Morgan fingerprint density at radius 1 is 1.00 bits per heavy atom. The van der Waals surface area contributed by atoms with E-state index in [-0.39, 0.29) is 12.1 Å². The molecule has 5 nitrogen and oxygen atoms in total. The molecule has 0 heterocycles. The largest absolute Gasteiger partial charge is 0.484 e. The number of nitrogens with one attached hydrogen (secondary N) is 2. The van der Waals surface area contributed by atoms with Gasteiger partial charge in [0, 0.05) is 6.04 Å². The number of benzene rings is 1. The van der Waals surface area contributed by atoms with Crippen molar-refractivity contribution in [2.45, 2.75) is 32.2 Å². The van der Waals surface area contributed by atoms with Crippen LogP contribution in [0, 0.1) is 0 Å². The maximum absolute atomic E-state index is 12.7. The van der Waals surface area contributed by atoms with Crippen molar-refractivity contribution in [2.24, 2.45) is 0 Å². The van der Waals surface area contributed by atoms with Gasteiger partial charge in [0.05, 0.1) is 11.1 Å². The molecule has 0 unspecified atom stereocenters. The van der Waals surface area contributed by atoms with Crippen LogP contribution in [0.1, 0.15) is 25.0 Å². The summed E-state index contributed by atoms with van der Waals surface area (Å²) in [5, 5.41) is 4.12. The van der Waals surface area contributed by atoms with Gasteiger partial charge in [0.15, 0.2) is 6.61 Å². The minimum absolute atomic E-state index is 0.0665. The lowest BCUT2D eigenvalue weighted by atomic mass is 10.1. The van der Waals surface area contributed by atoms with Gasteiger partial charge in [-0.05, 0) is 32.0 Å². The van der Waals surface area contributed by atoms with Crippen LogP contribution in [0.3, 0.4) is 0 Å². The lowest BCUT2D eigenvalue weighted by Gasteiger charge is -2.15. The summed E-state index contributed by atoms with van der Waals surface area (Å²) >= 11 is 0. The number of alkyl halides is 6. The molecule has 0 aliphatic heterocycles. The Morgan fingerprint density at radius 2 is 1.48 bits per heavy atom. The fraction of sp³-hybridized carbons (Fsp3) is 0.429. The van der Waals surface area contributed by atoms with Crippen LogP contribution in [-0.4, -0.2) is 24.6 Å². The Bertz CT molecular complexity index is 608. The highest BCUT2D eigenvalue weighted by Gasteiger charge is 2.37. The Hall–Kier alpha value is -2.46. The van der Waals surface area contributed by atoms with Crippen molar-refractivity contribution in [1.29, 1.82) is 0 Å². The Labute approximate surface area is 138 Å². The monoisotopic (exact) mass is 372 g/mol. The Balaban J connectivity index is 2.87. The SMILES string of the molecule is CC(C)NC(=O)NC(=O)COc1cc(C(F)(F)F)cc(C(F)(F)F)c1. The van der Waals surface area contributed by atoms with E-state index < -0.39 is 47.8 Å². The minimum atomic E-state index is -5.03. The van der Waals surface area contributed by atoms with E-state index in [0.29, 0.717) is 12.1 Å². The lowest BCUT2D eigenvalue weighted by Crippen LogP contribution is -2.44. The predicted molar refractivity (Wildman–Crippen MR) is 73.8 cm³/mol. The molecule has 140 valence electrons. The number of imide groups is 1. The molecule has 0 aromatic heterocycles. The average Bonchev–Trinajstić information content (AvgIpc) is 2.42. The first-order valence-corrected chi connectivity index (χ1v) is 6.81. The maximum atomic E-state index is 12.7. The van der Waals surface area contributed by atoms with Gasteiger partial charge in [-0.15, -0.1) is 0 Å². The van der Waals surface area contributed by atoms with Gasteiger partial charge in [-0.2, -0.15) is 26.3 Å². The Kier molecular flexibility index (Phi) is 6.27. The molecule has 0 aliphatic carbocycles. The van der Waals surface area contributed by atoms with E-state index in [9.17, 15) is 35.9 Å². The third kappa shape index (κ3) is 6.89. The van der Waals surface area contributed by atoms with Crippen molar-refractivity contribution in [3.05, 3.63) is 29.3 Å². The van der Waals surface area contributed by atoms with Crippen molar-refractivity contribution in [3.8, 4) is 5.75 Å². The predicted octanol–water partition coefficient (Wildman–Crippen LogP) is 3.34. The molecule has 0 radical (unpaired) electrons. The zero-order valence-electron chi connectivity index (χ0n) is 13.0. The highest BCUT2D eigenvalue weighted by Crippen LogP contribution is 2.38. The molecular formula is C14H14F6N2O3. The van der Waals surface area contributed by atoms with Gasteiger partial charge in [0.1, 0.15) is 5.75 Å². The lowest BCUT2D eigenvalue weighted by molar-refractivity contribution is -0.143. The number of hydrogen-bond acceptors (Lipinski definition) is 3. The first kappa shape index (κ1) is 20.6. The van der Waals surface area contributed by atoms with E-state index in [0.717, 1.165) is 0 Å². The molecule has 0 bridgehead atoms. The fourth-order valence-corrected chi connectivity index (χ4v) is 1.62. The standard InChI is InChI=1S/C14H14F6N2O3/c1-7(2)21-12(24)22-11(23)6-25-10-4-8(13(15,16)17)3-9(5-10)14(18,19)20/h3-5,7H,6H2,1-2H3,(H2,21,22,23,24). The summed E-state index contributed by atoms with van der Waals surface area (Å²) in [4.78, 5) is 22.7. The summed E-state index contributed by atoms with van der Waals surface area (Å²) in [6.45, 7) is 2.29. The summed E-state index contributed by atoms with van der Waals surface area (Å²) in [5.41, 5.74) is -3.15. The highest BCUT2D eigenvalue weighted by molar-refractivity contribution is 5.95. The van der Waals surface area contributed by atoms with E-state index in [2.05, 4.69) is 10.1 Å². The van der Waals surface area contributed by atoms with E-state index in [4.69, 9.17) is 0 Å². The summed E-state index contributed by atoms with van der Waals surface area (Å²) in [5.74, 6) is -1.84. The van der Waals surface area contributed by atoms with Gasteiger partial charge in [-0.25, -0.2) is 4.79 Å². The van der Waals surface area contributed by atoms with Crippen LogP contribution in [0.25, 0.3) is 0 Å². The van der Waals surface area contributed by atoms with Gasteiger partial charge < -0.3 is 10.1 Å². The molecule has 0 saturated carbocycles. The second-order valence-electron chi connectivity index (χ2n) is 5.21. The van der Waals surface area contributed by atoms with Crippen molar-refractivity contribution >= 4 is 11.9 Å². The first-order chi connectivity index (χ1) is 11.3. The normalized spacial score (nSPS) is 12.0. The number of rotatable bonds is 4. The third-order valence-electron chi connectivity index (χ3n) is 2.60. The van der Waals surface area contributed by atoms with Crippen LogP contribution in [0.2, 0.25) is 0 Å². The van der Waals surface area contributed by atoms with E-state index >= 15 is 0 Å². The highest BCUT2D eigenvalue weighted by atomic mass is 19.4. The van der Waals surface area contributed by atoms with Gasteiger partial charge in [-0.3, -0.25) is 10.1 Å². The van der Waals surface area contributed by atoms with Crippen molar-refractivity contribution in [3.63, 3.8) is 0 Å². The Morgan fingerprint density at radius 3 is 1.88 bits per heavy atom. The molecule has 1 rings (SSSR count). The molecule has 2 N–H and O–H groups in total. The van der Waals surface area contributed by atoms with Crippen molar-refractivity contribution in [1.82, 2.24) is 10.6 Å². The molecule has 0 spiro atoms. The molecule has 0 fully saturated rings. The van der Waals surface area contributed by atoms with E-state index in [1.807, 2.05) is 5.32 Å². The van der Waals surface area contributed by atoms with Crippen LogP contribution in [0.4, 0.5) is 31.1 Å². The van der Waals surface area contributed by atoms with Crippen molar-refractivity contribution in [2.75, 3.05) is 6.61 Å². The quantitative estimate of drug-likeness (QED) is 0.797. The topological polar surface area (TPSA) is 67.4 Å². The molecule has 25 heavy (non-hydrogen) atoms. The minimum Gasteiger partial charge on any atom is -0.484 e. The van der Waals surface area contributed by atoms with Gasteiger partial charge in [0.25, 0.3) is 5.91 Å². The van der Waals surface area contributed by atoms with E-state index in [1.165, 1.54) is 0 Å². The van der Waals surface area contributed by atoms with Crippen LogP contribution >= 0.6 is 0 Å². The number of amides is 3. The molecule has 1 aromatic rings. The summed E-state index contributed by atoms with van der Waals surface area (Å²) in [6.07, 6.45) is -10.1. The second-order valence-corrected chi connectivity index (χ2v) is 5.21. The van der Waals surface area contributed by atoms with Gasteiger partial charge in [0.2, 0.25) is 0 Å². The molecule has 0 atom stereocenters. The van der Waals surface area contributed by atoms with Gasteiger partial charge in [-0.1, -0.05) is 0 Å². The number of urea groups is 1. The van der Waals surface area contributed by atoms with Gasteiger partial charge >= 0.3 is 18.4 Å². The van der Waals surface area contributed by atoms with Crippen LogP contribution in [0.5, 0.6) is 5.75 Å². The average molecular weight is 372 g/mol. The molecule has 11 heteroatoms. The number of ether oxygens (including phenoxy) is 1. The van der Waals surface area contributed by atoms with E-state index in [1.54, 1.807) is 13.8 Å². The zero-order chi connectivity index (χ0) is 19.4. The van der Waals surface area contributed by atoms with Crippen molar-refractivity contribution < 1.29 is 40.7 Å². The second kappa shape index (κ2) is 7.62. The van der Waals surface area contributed by atoms with Crippen LogP contribution in [-0.2, 0) is 17.1 Å². The number of halogens is 6. The number of carbonyl (C=O) groups excluding carboxylic acids is 2. The molecule has 0 aliphatic rings. The zero-order valence-corrected chi connectivity index (χ0v) is 13.0. The summed E-state index contributed by atoms with van der Waals surface area (Å²) < 4.78 is 80.7. The molecule has 1 aromatic carbocycles. The number of carbonyl (C=O) groups is 2. The van der Waals surface area contributed by atoms with Crippen LogP contribution < -0.4 is 15.4 Å². The smallest absolute Gasteiger partial charge is 0.416 e. The summed E-state index contributed by atoms with van der Waals surface area (Å²) in [7, 11) is 0. The van der Waals surface area contributed by atoms with Crippen LogP contribution in [0.15, 0.2) is 18.2 Å².